The van der Waals surface area contributed by atoms with Gasteiger partial charge < -0.3 is 0 Å². The fourth-order valence-corrected chi connectivity index (χ4v) is 1.41. The number of rotatable bonds is 4. The van der Waals surface area contributed by atoms with Crippen LogP contribution in [0, 0.1) is 0 Å². The van der Waals surface area contributed by atoms with Crippen molar-refractivity contribution in [1.29, 1.82) is 0 Å². The van der Waals surface area contributed by atoms with E-state index >= 15 is 0 Å². The Hall–Kier alpha value is -0.270. The van der Waals surface area contributed by atoms with Gasteiger partial charge in [0.05, 0.1) is 0 Å². The van der Waals surface area contributed by atoms with E-state index in [1.165, 1.54) is 5.56 Å². The summed E-state index contributed by atoms with van der Waals surface area (Å²) >= 11 is 8.95. The lowest BCUT2D eigenvalue weighted by atomic mass is 10.1. The Labute approximate surface area is 92.7 Å². The highest BCUT2D eigenvalue weighted by molar-refractivity contribution is 9.10. The summed E-state index contributed by atoms with van der Waals surface area (Å²) in [4.78, 5) is 0. The molecule has 0 aliphatic rings. The van der Waals surface area contributed by atoms with Gasteiger partial charge in [-0.1, -0.05) is 40.2 Å². The Bertz CT molecular complexity index is 264. The summed E-state index contributed by atoms with van der Waals surface area (Å²) in [5, 5.41) is 0. The second kappa shape index (κ2) is 6.22. The molecule has 0 unspecified atom stereocenters. The molecule has 0 aliphatic carbocycles. The second-order valence-corrected chi connectivity index (χ2v) is 4.07. The highest BCUT2D eigenvalue weighted by atomic mass is 79.9. The Morgan fingerprint density at radius 3 is 2.46 bits per heavy atom. The van der Waals surface area contributed by atoms with Gasteiger partial charge in [-0.2, -0.15) is 0 Å². The Morgan fingerprint density at radius 2 is 1.85 bits per heavy atom. The van der Waals surface area contributed by atoms with Crippen molar-refractivity contribution in [2.75, 3.05) is 5.88 Å². The maximum absolute atomic E-state index is 5.55. The fraction of sp³-hybridized carbons (Fsp3) is 0.273. The van der Waals surface area contributed by atoms with Gasteiger partial charge in [0.15, 0.2) is 0 Å². The van der Waals surface area contributed by atoms with Gasteiger partial charge in [0.25, 0.3) is 0 Å². The molecule has 2 heteroatoms. The average Bonchev–Trinajstić information content (AvgIpc) is 2.15. The van der Waals surface area contributed by atoms with E-state index in [4.69, 9.17) is 11.6 Å². The third kappa shape index (κ3) is 4.49. The standard InChI is InChI=1S/C11H12BrCl/c12-11-7-5-10(6-8-11)4-2-1-3-9-13/h1-2,5-8H,3-4,9H2. The summed E-state index contributed by atoms with van der Waals surface area (Å²) in [5.74, 6) is 0.705. The maximum Gasteiger partial charge on any atom is 0.0258 e. The van der Waals surface area contributed by atoms with Crippen LogP contribution < -0.4 is 0 Å². The van der Waals surface area contributed by atoms with Crippen LogP contribution in [0.3, 0.4) is 0 Å². The topological polar surface area (TPSA) is 0 Å². The van der Waals surface area contributed by atoms with Gasteiger partial charge in [0, 0.05) is 10.4 Å². The molecule has 1 rings (SSSR count). The predicted molar refractivity (Wildman–Crippen MR) is 62.3 cm³/mol. The van der Waals surface area contributed by atoms with Crippen LogP contribution in [0.2, 0.25) is 0 Å². The average molecular weight is 260 g/mol. The summed E-state index contributed by atoms with van der Waals surface area (Å²) in [6, 6.07) is 8.36. The van der Waals surface area contributed by atoms with Crippen LogP contribution in [-0.2, 0) is 6.42 Å². The molecule has 0 fully saturated rings. The molecule has 0 atom stereocenters. The van der Waals surface area contributed by atoms with E-state index < -0.39 is 0 Å². The summed E-state index contributed by atoms with van der Waals surface area (Å²) in [7, 11) is 0. The van der Waals surface area contributed by atoms with Crippen molar-refractivity contribution >= 4 is 27.5 Å². The van der Waals surface area contributed by atoms with Crippen LogP contribution in [0.1, 0.15) is 12.0 Å². The van der Waals surface area contributed by atoms with Crippen molar-refractivity contribution in [3.63, 3.8) is 0 Å². The van der Waals surface area contributed by atoms with Crippen LogP contribution >= 0.6 is 27.5 Å². The highest BCUT2D eigenvalue weighted by Crippen LogP contribution is 2.11. The van der Waals surface area contributed by atoms with E-state index in [1.54, 1.807) is 0 Å². The van der Waals surface area contributed by atoms with Gasteiger partial charge in [0.1, 0.15) is 0 Å². The minimum absolute atomic E-state index is 0.705. The maximum atomic E-state index is 5.55. The normalized spacial score (nSPS) is 10.9. The highest BCUT2D eigenvalue weighted by Gasteiger charge is 1.88. The SMILES string of the molecule is ClCCC=CCc1ccc(Br)cc1. The predicted octanol–water partition coefficient (Wildman–Crippen LogP) is 4.18. The lowest BCUT2D eigenvalue weighted by Gasteiger charge is -1.95. The van der Waals surface area contributed by atoms with E-state index in [0.717, 1.165) is 17.3 Å². The summed E-state index contributed by atoms with van der Waals surface area (Å²) in [5.41, 5.74) is 1.33. The minimum atomic E-state index is 0.705. The molecule has 0 saturated carbocycles. The first-order valence-corrected chi connectivity index (χ1v) is 5.61. The molecule has 0 N–H and O–H groups in total. The zero-order chi connectivity index (χ0) is 9.52. The van der Waals surface area contributed by atoms with Gasteiger partial charge in [-0.05, 0) is 30.5 Å². The van der Waals surface area contributed by atoms with Crippen LogP contribution in [0.5, 0.6) is 0 Å². The first-order valence-electron chi connectivity index (χ1n) is 4.28. The molecular formula is C11H12BrCl. The van der Waals surface area contributed by atoms with E-state index in [9.17, 15) is 0 Å². The summed E-state index contributed by atoms with van der Waals surface area (Å²) < 4.78 is 1.13. The molecule has 0 aromatic heterocycles. The van der Waals surface area contributed by atoms with Crippen LogP contribution in [0.15, 0.2) is 40.9 Å². The molecule has 70 valence electrons. The molecule has 0 amide bonds. The molecule has 1 aromatic rings. The summed E-state index contributed by atoms with van der Waals surface area (Å²) in [6.45, 7) is 0. The third-order valence-corrected chi connectivity index (χ3v) is 2.46. The largest absolute Gasteiger partial charge is 0.126 e. The molecular weight excluding hydrogens is 247 g/mol. The zero-order valence-electron chi connectivity index (χ0n) is 7.34. The summed E-state index contributed by atoms with van der Waals surface area (Å²) in [6.07, 6.45) is 6.23. The van der Waals surface area contributed by atoms with Gasteiger partial charge in [0.2, 0.25) is 0 Å². The van der Waals surface area contributed by atoms with Crippen molar-refractivity contribution in [2.45, 2.75) is 12.8 Å². The van der Waals surface area contributed by atoms with Crippen molar-refractivity contribution in [3.05, 3.63) is 46.5 Å². The number of allylic oxidation sites excluding steroid dienone is 2. The third-order valence-electron chi connectivity index (χ3n) is 1.71. The molecule has 0 aliphatic heterocycles. The number of hydrogen-bond donors (Lipinski definition) is 0. The molecule has 0 heterocycles. The molecule has 0 radical (unpaired) electrons. The first kappa shape index (κ1) is 10.8. The van der Waals surface area contributed by atoms with E-state index in [-0.39, 0.29) is 0 Å². The molecule has 13 heavy (non-hydrogen) atoms. The second-order valence-electron chi connectivity index (χ2n) is 2.78. The minimum Gasteiger partial charge on any atom is -0.126 e. The van der Waals surface area contributed by atoms with E-state index in [2.05, 4.69) is 52.3 Å². The Morgan fingerprint density at radius 1 is 1.15 bits per heavy atom. The van der Waals surface area contributed by atoms with Crippen molar-refractivity contribution in [2.24, 2.45) is 0 Å². The first-order chi connectivity index (χ1) is 6.33. The quantitative estimate of drug-likeness (QED) is 0.562. The Balaban J connectivity index is 2.41. The molecule has 0 spiro atoms. The van der Waals surface area contributed by atoms with Crippen LogP contribution in [0.25, 0.3) is 0 Å². The molecule has 1 aromatic carbocycles. The lowest BCUT2D eigenvalue weighted by molar-refractivity contribution is 1.18. The number of halogens is 2. The monoisotopic (exact) mass is 258 g/mol. The van der Waals surface area contributed by atoms with E-state index in [0.29, 0.717) is 5.88 Å². The molecule has 0 saturated heterocycles. The van der Waals surface area contributed by atoms with Gasteiger partial charge >= 0.3 is 0 Å². The van der Waals surface area contributed by atoms with Gasteiger partial charge in [-0.15, -0.1) is 11.6 Å². The number of benzene rings is 1. The lowest BCUT2D eigenvalue weighted by Crippen LogP contribution is -1.79. The zero-order valence-corrected chi connectivity index (χ0v) is 9.68. The van der Waals surface area contributed by atoms with Crippen LogP contribution in [0.4, 0.5) is 0 Å². The molecule has 0 nitrogen and oxygen atoms in total. The number of alkyl halides is 1. The van der Waals surface area contributed by atoms with Crippen molar-refractivity contribution in [1.82, 2.24) is 0 Å². The van der Waals surface area contributed by atoms with Gasteiger partial charge in [-0.3, -0.25) is 0 Å². The fourth-order valence-electron chi connectivity index (χ4n) is 1.02. The van der Waals surface area contributed by atoms with Crippen LogP contribution in [-0.4, -0.2) is 5.88 Å². The Kier molecular flexibility index (Phi) is 5.18. The smallest absolute Gasteiger partial charge is 0.0258 e. The molecule has 0 bridgehead atoms. The van der Waals surface area contributed by atoms with Crippen molar-refractivity contribution in [3.8, 4) is 0 Å². The van der Waals surface area contributed by atoms with Crippen molar-refractivity contribution < 1.29 is 0 Å². The van der Waals surface area contributed by atoms with Gasteiger partial charge in [-0.25, -0.2) is 0 Å². The van der Waals surface area contributed by atoms with E-state index in [1.807, 2.05) is 0 Å². The number of hydrogen-bond acceptors (Lipinski definition) is 0.